The molecule has 2 heteroatoms. The van der Waals surface area contributed by atoms with Crippen molar-refractivity contribution in [1.82, 2.24) is 5.32 Å². The van der Waals surface area contributed by atoms with Gasteiger partial charge in [-0.25, -0.2) is 0 Å². The fourth-order valence-electron chi connectivity index (χ4n) is 2.58. The van der Waals surface area contributed by atoms with Crippen molar-refractivity contribution in [3.05, 3.63) is 35.9 Å². The van der Waals surface area contributed by atoms with Gasteiger partial charge in [-0.15, -0.1) is 0 Å². The van der Waals surface area contributed by atoms with Crippen LogP contribution in [0, 0.1) is 5.92 Å². The first-order chi connectivity index (χ1) is 8.29. The minimum atomic E-state index is 0.0753. The highest BCUT2D eigenvalue weighted by Crippen LogP contribution is 2.30. The van der Waals surface area contributed by atoms with Crippen LogP contribution in [0.1, 0.15) is 44.2 Å². The zero-order valence-corrected chi connectivity index (χ0v) is 10.6. The molecule has 17 heavy (non-hydrogen) atoms. The minimum Gasteiger partial charge on any atom is -0.394 e. The van der Waals surface area contributed by atoms with E-state index in [-0.39, 0.29) is 12.6 Å². The molecule has 2 rings (SSSR count). The Morgan fingerprint density at radius 1 is 1.29 bits per heavy atom. The number of aliphatic hydroxyl groups is 1. The molecule has 1 aromatic rings. The Morgan fingerprint density at radius 2 is 2.00 bits per heavy atom. The molecule has 2 atom stereocenters. The molecule has 0 bridgehead atoms. The summed E-state index contributed by atoms with van der Waals surface area (Å²) in [6.45, 7) is 2.39. The van der Waals surface area contributed by atoms with Crippen LogP contribution < -0.4 is 5.32 Å². The molecule has 2 N–H and O–H groups in total. The Hall–Kier alpha value is -0.860. The summed E-state index contributed by atoms with van der Waals surface area (Å²) in [5.74, 6) is 0.910. The Kier molecular flexibility index (Phi) is 4.57. The molecule has 2 nitrogen and oxygen atoms in total. The normalized spacial score (nSPS) is 19.6. The maximum absolute atomic E-state index is 9.47. The maximum Gasteiger partial charge on any atom is 0.0626 e. The van der Waals surface area contributed by atoms with Gasteiger partial charge in [-0.2, -0.15) is 0 Å². The standard InChI is InChI=1S/C15H23NO/c1-12(10-13-6-5-7-13)16-15(11-17)14-8-3-2-4-9-14/h2-4,8-9,12-13,15-17H,5-7,10-11H2,1H3/t12?,15-/m0/s1. The van der Waals surface area contributed by atoms with Crippen molar-refractivity contribution in [1.29, 1.82) is 0 Å². The first-order valence-corrected chi connectivity index (χ1v) is 6.71. The van der Waals surface area contributed by atoms with Crippen LogP contribution in [0.4, 0.5) is 0 Å². The summed E-state index contributed by atoms with van der Waals surface area (Å²) in [6, 6.07) is 10.8. The number of aliphatic hydroxyl groups excluding tert-OH is 1. The molecule has 1 aliphatic carbocycles. The fourth-order valence-corrected chi connectivity index (χ4v) is 2.58. The average molecular weight is 233 g/mol. The van der Waals surface area contributed by atoms with E-state index in [1.807, 2.05) is 18.2 Å². The molecule has 0 amide bonds. The van der Waals surface area contributed by atoms with Gasteiger partial charge >= 0.3 is 0 Å². The van der Waals surface area contributed by atoms with Gasteiger partial charge in [0.1, 0.15) is 0 Å². The highest BCUT2D eigenvalue weighted by molar-refractivity contribution is 5.19. The zero-order chi connectivity index (χ0) is 12.1. The van der Waals surface area contributed by atoms with Crippen LogP contribution in [0.2, 0.25) is 0 Å². The summed E-state index contributed by atoms with van der Waals surface area (Å²) in [5, 5.41) is 13.0. The first-order valence-electron chi connectivity index (χ1n) is 6.71. The van der Waals surface area contributed by atoms with Crippen molar-refractivity contribution in [3.8, 4) is 0 Å². The lowest BCUT2D eigenvalue weighted by molar-refractivity contribution is 0.212. The predicted molar refractivity (Wildman–Crippen MR) is 70.8 cm³/mol. The Morgan fingerprint density at radius 3 is 2.53 bits per heavy atom. The van der Waals surface area contributed by atoms with Gasteiger partial charge in [-0.1, -0.05) is 49.6 Å². The van der Waals surface area contributed by atoms with Crippen LogP contribution in [-0.4, -0.2) is 17.8 Å². The van der Waals surface area contributed by atoms with E-state index < -0.39 is 0 Å². The monoisotopic (exact) mass is 233 g/mol. The van der Waals surface area contributed by atoms with Gasteiger partial charge in [0.25, 0.3) is 0 Å². The second-order valence-electron chi connectivity index (χ2n) is 5.25. The lowest BCUT2D eigenvalue weighted by Gasteiger charge is -2.30. The van der Waals surface area contributed by atoms with Gasteiger partial charge in [-0.3, -0.25) is 0 Å². The molecule has 0 radical (unpaired) electrons. The lowest BCUT2D eigenvalue weighted by atomic mass is 9.81. The van der Waals surface area contributed by atoms with E-state index in [9.17, 15) is 5.11 Å². The average Bonchev–Trinajstić information content (AvgIpc) is 2.32. The first kappa shape index (κ1) is 12.6. The van der Waals surface area contributed by atoms with Crippen LogP contribution in [0.3, 0.4) is 0 Å². The third-order valence-electron chi connectivity index (χ3n) is 3.78. The predicted octanol–water partition coefficient (Wildman–Crippen LogP) is 2.89. The van der Waals surface area contributed by atoms with Gasteiger partial charge in [-0.05, 0) is 24.8 Å². The second-order valence-corrected chi connectivity index (χ2v) is 5.25. The van der Waals surface area contributed by atoms with Crippen molar-refractivity contribution in [2.75, 3.05) is 6.61 Å². The number of benzene rings is 1. The van der Waals surface area contributed by atoms with E-state index in [1.54, 1.807) is 0 Å². The van der Waals surface area contributed by atoms with Crippen LogP contribution in [0.5, 0.6) is 0 Å². The van der Waals surface area contributed by atoms with Crippen molar-refractivity contribution < 1.29 is 5.11 Å². The van der Waals surface area contributed by atoms with Crippen LogP contribution in [0.25, 0.3) is 0 Å². The van der Waals surface area contributed by atoms with Crippen molar-refractivity contribution in [2.24, 2.45) is 5.92 Å². The molecule has 94 valence electrons. The van der Waals surface area contributed by atoms with E-state index in [0.717, 1.165) is 5.92 Å². The molecule has 1 aromatic carbocycles. The Labute approximate surface area is 104 Å². The van der Waals surface area contributed by atoms with Gasteiger partial charge in [0.15, 0.2) is 0 Å². The molecule has 0 aliphatic heterocycles. The summed E-state index contributed by atoms with van der Waals surface area (Å²) in [7, 11) is 0. The smallest absolute Gasteiger partial charge is 0.0626 e. The summed E-state index contributed by atoms with van der Waals surface area (Å²) in [4.78, 5) is 0. The van der Waals surface area contributed by atoms with Crippen LogP contribution >= 0.6 is 0 Å². The quantitative estimate of drug-likeness (QED) is 0.792. The van der Waals surface area contributed by atoms with Gasteiger partial charge in [0.2, 0.25) is 0 Å². The van der Waals surface area contributed by atoms with E-state index in [2.05, 4.69) is 24.4 Å². The summed E-state index contributed by atoms with van der Waals surface area (Å²) in [6.07, 6.45) is 5.42. The third kappa shape index (κ3) is 3.55. The zero-order valence-electron chi connectivity index (χ0n) is 10.6. The largest absolute Gasteiger partial charge is 0.394 e. The van der Waals surface area contributed by atoms with E-state index >= 15 is 0 Å². The molecule has 0 spiro atoms. The van der Waals surface area contributed by atoms with Gasteiger partial charge in [0, 0.05) is 6.04 Å². The fraction of sp³-hybridized carbons (Fsp3) is 0.600. The number of hydrogen-bond acceptors (Lipinski definition) is 2. The van der Waals surface area contributed by atoms with E-state index in [0.29, 0.717) is 6.04 Å². The molecule has 0 saturated heterocycles. The molecule has 1 aliphatic rings. The van der Waals surface area contributed by atoms with E-state index in [1.165, 1.54) is 31.2 Å². The minimum absolute atomic E-state index is 0.0753. The third-order valence-corrected chi connectivity index (χ3v) is 3.78. The van der Waals surface area contributed by atoms with Crippen molar-refractivity contribution >= 4 is 0 Å². The van der Waals surface area contributed by atoms with Crippen LogP contribution in [-0.2, 0) is 0 Å². The SMILES string of the molecule is CC(CC1CCC1)N[C@@H](CO)c1ccccc1. The maximum atomic E-state index is 9.47. The van der Waals surface area contributed by atoms with Crippen molar-refractivity contribution in [3.63, 3.8) is 0 Å². The molecule has 1 unspecified atom stereocenters. The van der Waals surface area contributed by atoms with Crippen LogP contribution in [0.15, 0.2) is 30.3 Å². The highest BCUT2D eigenvalue weighted by atomic mass is 16.3. The van der Waals surface area contributed by atoms with Gasteiger partial charge < -0.3 is 10.4 Å². The van der Waals surface area contributed by atoms with Crippen molar-refractivity contribution in [2.45, 2.75) is 44.7 Å². The number of nitrogens with one attached hydrogen (secondary N) is 1. The molecule has 1 fully saturated rings. The van der Waals surface area contributed by atoms with Gasteiger partial charge in [0.05, 0.1) is 12.6 Å². The Balaban J connectivity index is 1.86. The second kappa shape index (κ2) is 6.18. The molecule has 0 aromatic heterocycles. The molecule has 1 saturated carbocycles. The summed E-state index contributed by atoms with van der Waals surface area (Å²) >= 11 is 0. The lowest BCUT2D eigenvalue weighted by Crippen LogP contribution is -2.35. The molecular weight excluding hydrogens is 210 g/mol. The van der Waals surface area contributed by atoms with E-state index in [4.69, 9.17) is 0 Å². The Bertz CT molecular complexity index is 321. The molecule has 0 heterocycles. The number of hydrogen-bond donors (Lipinski definition) is 2. The molecular formula is C15H23NO. The summed E-state index contributed by atoms with van der Waals surface area (Å²) < 4.78 is 0. The topological polar surface area (TPSA) is 32.3 Å². The highest BCUT2D eigenvalue weighted by Gasteiger charge is 2.21. The summed E-state index contributed by atoms with van der Waals surface area (Å²) in [5.41, 5.74) is 1.18. The number of rotatable bonds is 6.